The van der Waals surface area contributed by atoms with Gasteiger partial charge in [0.15, 0.2) is 6.61 Å². The second-order valence-corrected chi connectivity index (χ2v) is 10.2. The van der Waals surface area contributed by atoms with Gasteiger partial charge in [0.25, 0.3) is 5.91 Å². The number of unbranched alkanes of at least 4 members (excludes halogenated alkanes) is 1. The molecule has 0 radical (unpaired) electrons. The van der Waals surface area contributed by atoms with Crippen molar-refractivity contribution in [3.05, 3.63) is 39.7 Å². The maximum absolute atomic E-state index is 13.3. The van der Waals surface area contributed by atoms with Crippen LogP contribution >= 0.6 is 0 Å². The fraction of sp³-hybridized carbons (Fsp3) is 0.643. The number of hydrogen-bond acceptors (Lipinski definition) is 5. The van der Waals surface area contributed by atoms with Crippen molar-refractivity contribution in [3.63, 3.8) is 0 Å². The van der Waals surface area contributed by atoms with Crippen LogP contribution in [0.15, 0.2) is 27.4 Å². The highest BCUT2D eigenvalue weighted by atomic mass is 16.5. The molecule has 3 atom stereocenters. The molecule has 6 heteroatoms. The summed E-state index contributed by atoms with van der Waals surface area (Å²) in [4.78, 5) is 27.4. The molecule has 1 saturated heterocycles. The van der Waals surface area contributed by atoms with Crippen molar-refractivity contribution >= 4 is 16.9 Å². The molecule has 2 aromatic rings. The van der Waals surface area contributed by atoms with Gasteiger partial charge < -0.3 is 19.2 Å². The molecule has 1 aromatic carbocycles. The van der Waals surface area contributed by atoms with Crippen molar-refractivity contribution in [2.24, 2.45) is 5.92 Å². The third kappa shape index (κ3) is 4.88. The number of hydrogen-bond donors (Lipinski definition) is 1. The van der Waals surface area contributed by atoms with E-state index in [0.717, 1.165) is 74.3 Å². The summed E-state index contributed by atoms with van der Waals surface area (Å²) >= 11 is 0. The average Bonchev–Trinajstić information content (AvgIpc) is 2.82. The maximum Gasteiger partial charge on any atom is 0.336 e. The molecule has 1 aliphatic heterocycles. The van der Waals surface area contributed by atoms with Crippen LogP contribution in [0.25, 0.3) is 11.0 Å². The number of fused-ring (bicyclic) bond motifs is 2. The number of aryl methyl sites for hydroxylation is 2. The molecule has 34 heavy (non-hydrogen) atoms. The van der Waals surface area contributed by atoms with Gasteiger partial charge in [0, 0.05) is 35.5 Å². The number of ether oxygens (including phenoxy) is 1. The van der Waals surface area contributed by atoms with E-state index in [1.54, 1.807) is 6.07 Å². The molecule has 0 bridgehead atoms. The van der Waals surface area contributed by atoms with E-state index in [1.165, 1.54) is 0 Å². The van der Waals surface area contributed by atoms with Crippen molar-refractivity contribution in [1.29, 1.82) is 0 Å². The first-order chi connectivity index (χ1) is 16.4. The molecule has 2 heterocycles. The summed E-state index contributed by atoms with van der Waals surface area (Å²) in [5.41, 5.74) is 1.26. The van der Waals surface area contributed by atoms with Crippen molar-refractivity contribution in [1.82, 2.24) is 4.90 Å². The van der Waals surface area contributed by atoms with Gasteiger partial charge in [0.1, 0.15) is 11.3 Å². The monoisotopic (exact) mass is 469 g/mol. The topological polar surface area (TPSA) is 80.0 Å². The van der Waals surface area contributed by atoms with Crippen LogP contribution in [0.1, 0.15) is 82.8 Å². The molecule has 0 unspecified atom stereocenters. The summed E-state index contributed by atoms with van der Waals surface area (Å²) in [5.74, 6) is 0.683. The Kier molecular flexibility index (Phi) is 7.66. The smallest absolute Gasteiger partial charge is 0.336 e. The average molecular weight is 470 g/mol. The lowest BCUT2D eigenvalue weighted by atomic mass is 9.66. The van der Waals surface area contributed by atoms with Crippen molar-refractivity contribution < 1.29 is 19.1 Å². The highest BCUT2D eigenvalue weighted by molar-refractivity contribution is 5.85. The standard InChI is InChI=1S/C28H39NO5/c1-4-6-11-23-22-10-7-8-14-28(22,32)15-16-29(23)25(30)18-33-24-13-12-21-20(9-5-2)17-26(31)34-27(21)19(24)3/h12-13,17,22-23,32H,4-11,14-16,18H2,1-3H3/t22-,23-,28-/m1/s1. The summed E-state index contributed by atoms with van der Waals surface area (Å²) in [7, 11) is 0. The summed E-state index contributed by atoms with van der Waals surface area (Å²) in [6.07, 6.45) is 9.46. The minimum atomic E-state index is -0.628. The van der Waals surface area contributed by atoms with Crippen molar-refractivity contribution in [2.75, 3.05) is 13.2 Å². The van der Waals surface area contributed by atoms with Gasteiger partial charge >= 0.3 is 5.63 Å². The van der Waals surface area contributed by atoms with Crippen LogP contribution < -0.4 is 10.4 Å². The van der Waals surface area contributed by atoms with Gasteiger partial charge in [-0.3, -0.25) is 4.79 Å². The molecular weight excluding hydrogens is 430 g/mol. The van der Waals surface area contributed by atoms with Crippen LogP contribution in [0.5, 0.6) is 5.75 Å². The zero-order valence-corrected chi connectivity index (χ0v) is 20.9. The van der Waals surface area contributed by atoms with Crippen LogP contribution in [0, 0.1) is 12.8 Å². The minimum Gasteiger partial charge on any atom is -0.483 e. The zero-order chi connectivity index (χ0) is 24.3. The summed E-state index contributed by atoms with van der Waals surface area (Å²) in [6.45, 7) is 6.64. The van der Waals surface area contributed by atoms with Crippen LogP contribution in [0.2, 0.25) is 0 Å². The maximum atomic E-state index is 13.3. The molecule has 186 valence electrons. The zero-order valence-electron chi connectivity index (χ0n) is 20.9. The Morgan fingerprint density at radius 1 is 1.24 bits per heavy atom. The number of benzene rings is 1. The minimum absolute atomic E-state index is 0.0330. The fourth-order valence-electron chi connectivity index (χ4n) is 6.15. The Morgan fingerprint density at radius 3 is 2.82 bits per heavy atom. The second-order valence-electron chi connectivity index (χ2n) is 10.2. The number of carbonyl (C=O) groups excluding carboxylic acids is 1. The third-order valence-corrected chi connectivity index (χ3v) is 7.96. The summed E-state index contributed by atoms with van der Waals surface area (Å²) < 4.78 is 11.5. The molecule has 1 aromatic heterocycles. The van der Waals surface area contributed by atoms with E-state index >= 15 is 0 Å². The van der Waals surface area contributed by atoms with E-state index < -0.39 is 5.60 Å². The van der Waals surface area contributed by atoms with Gasteiger partial charge in [-0.15, -0.1) is 0 Å². The molecule has 2 fully saturated rings. The number of nitrogens with zero attached hydrogens (tertiary/aromatic N) is 1. The summed E-state index contributed by atoms with van der Waals surface area (Å²) in [6, 6.07) is 5.43. The van der Waals surface area contributed by atoms with Gasteiger partial charge in [-0.1, -0.05) is 46.0 Å². The van der Waals surface area contributed by atoms with Gasteiger partial charge in [0.05, 0.1) is 5.60 Å². The van der Waals surface area contributed by atoms with Gasteiger partial charge in [-0.05, 0) is 56.7 Å². The van der Waals surface area contributed by atoms with Crippen molar-refractivity contribution in [2.45, 2.75) is 96.6 Å². The number of likely N-dealkylation sites (tertiary alicyclic amines) is 1. The predicted molar refractivity (Wildman–Crippen MR) is 133 cm³/mol. The van der Waals surface area contributed by atoms with Gasteiger partial charge in [0.2, 0.25) is 0 Å². The lowest BCUT2D eigenvalue weighted by Crippen LogP contribution is -2.61. The molecule has 2 aliphatic rings. The largest absolute Gasteiger partial charge is 0.483 e. The molecule has 1 N–H and O–H groups in total. The van der Waals surface area contributed by atoms with E-state index in [1.807, 2.05) is 24.0 Å². The van der Waals surface area contributed by atoms with E-state index in [2.05, 4.69) is 13.8 Å². The molecular formula is C28H39NO5. The van der Waals surface area contributed by atoms with E-state index in [0.29, 0.717) is 24.3 Å². The normalized spacial score (nSPS) is 24.8. The molecule has 0 spiro atoms. The number of aliphatic hydroxyl groups is 1. The number of piperidine rings is 1. The highest BCUT2D eigenvalue weighted by Crippen LogP contribution is 2.44. The molecule has 6 nitrogen and oxygen atoms in total. The Hall–Kier alpha value is -2.34. The van der Waals surface area contributed by atoms with Crippen LogP contribution in [-0.2, 0) is 11.2 Å². The Labute approximate surface area is 202 Å². The first-order valence-corrected chi connectivity index (χ1v) is 13.1. The molecule has 4 rings (SSSR count). The van der Waals surface area contributed by atoms with Crippen LogP contribution in [-0.4, -0.2) is 40.7 Å². The lowest BCUT2D eigenvalue weighted by Gasteiger charge is -2.52. The van der Waals surface area contributed by atoms with Crippen molar-refractivity contribution in [3.8, 4) is 5.75 Å². The Bertz CT molecular complexity index is 1080. The van der Waals surface area contributed by atoms with Crippen LogP contribution in [0.4, 0.5) is 0 Å². The third-order valence-electron chi connectivity index (χ3n) is 7.96. The molecule has 1 amide bonds. The predicted octanol–water partition coefficient (Wildman–Crippen LogP) is 5.15. The van der Waals surface area contributed by atoms with Crippen LogP contribution in [0.3, 0.4) is 0 Å². The fourth-order valence-corrected chi connectivity index (χ4v) is 6.15. The number of rotatable bonds is 8. The Balaban J connectivity index is 1.52. The molecule has 1 saturated carbocycles. The SMILES string of the molecule is CCCC[C@@H]1[C@H]2CCCC[C@@]2(O)CCN1C(=O)COc1ccc2c(CCC)cc(=O)oc2c1C. The van der Waals surface area contributed by atoms with E-state index in [-0.39, 0.29) is 30.1 Å². The second kappa shape index (κ2) is 10.5. The summed E-state index contributed by atoms with van der Waals surface area (Å²) in [5, 5.41) is 12.2. The van der Waals surface area contributed by atoms with Gasteiger partial charge in [-0.25, -0.2) is 4.79 Å². The van der Waals surface area contributed by atoms with Gasteiger partial charge in [-0.2, -0.15) is 0 Å². The quantitative estimate of drug-likeness (QED) is 0.541. The number of carbonyl (C=O) groups is 1. The Morgan fingerprint density at radius 2 is 2.06 bits per heavy atom. The first kappa shape index (κ1) is 24.8. The first-order valence-electron chi connectivity index (χ1n) is 13.1. The highest BCUT2D eigenvalue weighted by Gasteiger charge is 2.49. The van der Waals surface area contributed by atoms with E-state index in [4.69, 9.17) is 9.15 Å². The number of amides is 1. The van der Waals surface area contributed by atoms with E-state index in [9.17, 15) is 14.7 Å². The molecule has 1 aliphatic carbocycles. The lowest BCUT2D eigenvalue weighted by molar-refractivity contribution is -0.157.